The lowest BCUT2D eigenvalue weighted by Gasteiger charge is -2.23. The Bertz CT molecular complexity index is 1250. The molecule has 0 aromatic heterocycles. The summed E-state index contributed by atoms with van der Waals surface area (Å²) >= 11 is 0. The van der Waals surface area contributed by atoms with Crippen LogP contribution in [0.4, 0.5) is 0 Å². The minimum atomic E-state index is -3.43. The molecular formula is C26H25NO5S. The second-order valence-electron chi connectivity index (χ2n) is 8.46. The molecule has 7 heteroatoms. The molecule has 0 bridgehead atoms. The fourth-order valence-electron chi connectivity index (χ4n) is 4.06. The maximum Gasteiger partial charge on any atom is 0.251 e. The summed E-state index contributed by atoms with van der Waals surface area (Å²) in [6, 6.07) is 20.9. The molecule has 3 aromatic rings. The van der Waals surface area contributed by atoms with E-state index in [2.05, 4.69) is 5.32 Å². The summed E-state index contributed by atoms with van der Waals surface area (Å²) in [6.07, 6.45) is 2.13. The zero-order chi connectivity index (χ0) is 22.8. The van der Waals surface area contributed by atoms with Crippen molar-refractivity contribution in [3.63, 3.8) is 0 Å². The Labute approximate surface area is 193 Å². The molecule has 1 unspecified atom stereocenters. The first-order valence-electron chi connectivity index (χ1n) is 11.1. The summed E-state index contributed by atoms with van der Waals surface area (Å²) in [5, 5.41) is 3.16. The van der Waals surface area contributed by atoms with E-state index < -0.39 is 9.84 Å². The van der Waals surface area contributed by atoms with Gasteiger partial charge in [-0.05, 0) is 66.3 Å². The fourth-order valence-corrected chi connectivity index (χ4v) is 5.43. The number of benzene rings is 3. The Morgan fingerprint density at radius 3 is 2.30 bits per heavy atom. The third-order valence-corrected chi connectivity index (χ3v) is 7.68. The second-order valence-corrected chi connectivity index (χ2v) is 10.5. The minimum Gasteiger partial charge on any atom is -0.486 e. The fraction of sp³-hybridized carbons (Fsp3) is 0.269. The number of hydrogen-bond acceptors (Lipinski definition) is 5. The molecule has 0 radical (unpaired) electrons. The zero-order valence-electron chi connectivity index (χ0n) is 18.1. The number of nitrogens with one attached hydrogen (secondary N) is 1. The second kappa shape index (κ2) is 8.90. The molecular weight excluding hydrogens is 438 g/mol. The van der Waals surface area contributed by atoms with Gasteiger partial charge in [-0.1, -0.05) is 36.4 Å². The van der Waals surface area contributed by atoms with E-state index in [4.69, 9.17) is 9.47 Å². The van der Waals surface area contributed by atoms with Crippen molar-refractivity contribution in [2.24, 2.45) is 5.92 Å². The molecule has 0 spiro atoms. The molecule has 1 N–H and O–H groups in total. The number of hydrogen-bond donors (Lipinski definition) is 1. The van der Waals surface area contributed by atoms with Gasteiger partial charge in [0.05, 0.1) is 16.7 Å². The molecule has 3 aromatic carbocycles. The molecule has 1 atom stereocenters. The summed E-state index contributed by atoms with van der Waals surface area (Å²) in [7, 11) is -3.43. The van der Waals surface area contributed by atoms with Gasteiger partial charge in [0, 0.05) is 5.56 Å². The Morgan fingerprint density at radius 1 is 0.909 bits per heavy atom. The molecule has 1 saturated carbocycles. The van der Waals surface area contributed by atoms with Crippen molar-refractivity contribution in [1.82, 2.24) is 5.32 Å². The lowest BCUT2D eigenvalue weighted by Crippen LogP contribution is -2.30. The number of carbonyl (C=O) groups excluding carboxylic acids is 1. The maximum atomic E-state index is 13.0. The van der Waals surface area contributed by atoms with Gasteiger partial charge in [-0.2, -0.15) is 0 Å². The van der Waals surface area contributed by atoms with Crippen LogP contribution in [-0.4, -0.2) is 27.5 Å². The molecule has 170 valence electrons. The van der Waals surface area contributed by atoms with Crippen molar-refractivity contribution in [1.29, 1.82) is 0 Å². The highest BCUT2D eigenvalue weighted by Crippen LogP contribution is 2.43. The van der Waals surface area contributed by atoms with E-state index >= 15 is 0 Å². The van der Waals surface area contributed by atoms with Crippen LogP contribution in [0.15, 0.2) is 77.7 Å². The number of fused-ring (bicyclic) bond motifs is 1. The standard InChI is InChI=1S/C26H25NO5S/c28-26(20-8-6-18(7-9-20)17-33(29,30)22-4-2-1-3-5-22)27-25(19-10-11-19)21-12-13-23-24(16-21)32-15-14-31-23/h1-9,12-13,16,19,25H,10-11,14-15,17H2,(H,27,28). The van der Waals surface area contributed by atoms with Crippen LogP contribution in [0, 0.1) is 5.92 Å². The van der Waals surface area contributed by atoms with E-state index in [1.54, 1.807) is 54.6 Å². The van der Waals surface area contributed by atoms with Gasteiger partial charge in [-0.3, -0.25) is 4.79 Å². The van der Waals surface area contributed by atoms with Crippen molar-refractivity contribution in [2.75, 3.05) is 13.2 Å². The molecule has 1 amide bonds. The van der Waals surface area contributed by atoms with E-state index in [-0.39, 0.29) is 17.7 Å². The highest BCUT2D eigenvalue weighted by Gasteiger charge is 2.34. The van der Waals surface area contributed by atoms with Gasteiger partial charge in [0.25, 0.3) is 5.91 Å². The molecule has 0 saturated heterocycles. The first-order valence-corrected chi connectivity index (χ1v) is 12.7. The van der Waals surface area contributed by atoms with Crippen LogP contribution in [0.1, 0.15) is 40.4 Å². The minimum absolute atomic E-state index is 0.105. The van der Waals surface area contributed by atoms with Crippen LogP contribution in [0.2, 0.25) is 0 Å². The molecule has 2 aliphatic rings. The van der Waals surface area contributed by atoms with Crippen LogP contribution < -0.4 is 14.8 Å². The number of ether oxygens (including phenoxy) is 2. The smallest absolute Gasteiger partial charge is 0.251 e. The highest BCUT2D eigenvalue weighted by molar-refractivity contribution is 7.90. The molecule has 1 heterocycles. The third-order valence-electron chi connectivity index (χ3n) is 5.98. The monoisotopic (exact) mass is 463 g/mol. The quantitative estimate of drug-likeness (QED) is 0.565. The molecule has 6 nitrogen and oxygen atoms in total. The molecule has 1 aliphatic heterocycles. The lowest BCUT2D eigenvalue weighted by atomic mass is 10.0. The average molecular weight is 464 g/mol. The molecule has 1 fully saturated rings. The summed E-state index contributed by atoms with van der Waals surface area (Å²) in [5.74, 6) is 1.54. The van der Waals surface area contributed by atoms with E-state index in [1.165, 1.54) is 0 Å². The van der Waals surface area contributed by atoms with Gasteiger partial charge in [0.15, 0.2) is 21.3 Å². The van der Waals surface area contributed by atoms with Crippen molar-refractivity contribution < 1.29 is 22.7 Å². The van der Waals surface area contributed by atoms with Gasteiger partial charge >= 0.3 is 0 Å². The molecule has 1 aliphatic carbocycles. The predicted molar refractivity (Wildman–Crippen MR) is 124 cm³/mol. The van der Waals surface area contributed by atoms with Crippen LogP contribution in [-0.2, 0) is 15.6 Å². The van der Waals surface area contributed by atoms with Crippen molar-refractivity contribution in [2.45, 2.75) is 29.5 Å². The van der Waals surface area contributed by atoms with Gasteiger partial charge in [-0.15, -0.1) is 0 Å². The van der Waals surface area contributed by atoms with Crippen molar-refractivity contribution >= 4 is 15.7 Å². The van der Waals surface area contributed by atoms with Crippen molar-refractivity contribution in [3.05, 3.63) is 89.5 Å². The summed E-state index contributed by atoms with van der Waals surface area (Å²) < 4.78 is 36.5. The third kappa shape index (κ3) is 4.88. The van der Waals surface area contributed by atoms with E-state index in [1.807, 2.05) is 18.2 Å². The first kappa shape index (κ1) is 21.5. The Morgan fingerprint density at radius 2 is 1.61 bits per heavy atom. The number of rotatable bonds is 7. The van der Waals surface area contributed by atoms with E-state index in [0.29, 0.717) is 40.9 Å². The van der Waals surface area contributed by atoms with Gasteiger partial charge < -0.3 is 14.8 Å². The average Bonchev–Trinajstić information content (AvgIpc) is 3.68. The van der Waals surface area contributed by atoms with E-state index in [0.717, 1.165) is 24.2 Å². The largest absolute Gasteiger partial charge is 0.486 e. The first-order chi connectivity index (χ1) is 16.0. The Balaban J connectivity index is 1.29. The van der Waals surface area contributed by atoms with Crippen LogP contribution in [0.25, 0.3) is 0 Å². The Hall–Kier alpha value is -3.32. The molecule has 33 heavy (non-hydrogen) atoms. The van der Waals surface area contributed by atoms with Crippen LogP contribution in [0.5, 0.6) is 11.5 Å². The van der Waals surface area contributed by atoms with Gasteiger partial charge in [0.1, 0.15) is 13.2 Å². The normalized spacial score (nSPS) is 16.1. The molecule has 5 rings (SSSR count). The van der Waals surface area contributed by atoms with Gasteiger partial charge in [-0.25, -0.2) is 8.42 Å². The van der Waals surface area contributed by atoms with Gasteiger partial charge in [0.2, 0.25) is 0 Å². The predicted octanol–water partition coefficient (Wildman–Crippen LogP) is 4.31. The number of carbonyl (C=O) groups is 1. The Kier molecular flexibility index (Phi) is 5.81. The SMILES string of the molecule is O=C(NC(c1ccc2c(c1)OCCO2)C1CC1)c1ccc(CS(=O)(=O)c2ccccc2)cc1. The lowest BCUT2D eigenvalue weighted by molar-refractivity contribution is 0.0931. The highest BCUT2D eigenvalue weighted by atomic mass is 32.2. The number of amides is 1. The van der Waals surface area contributed by atoms with Crippen LogP contribution >= 0.6 is 0 Å². The summed E-state index contributed by atoms with van der Waals surface area (Å²) in [4.78, 5) is 13.3. The zero-order valence-corrected chi connectivity index (χ0v) is 18.9. The summed E-state index contributed by atoms with van der Waals surface area (Å²) in [6.45, 7) is 1.06. The van der Waals surface area contributed by atoms with Crippen LogP contribution in [0.3, 0.4) is 0 Å². The topological polar surface area (TPSA) is 81.7 Å². The van der Waals surface area contributed by atoms with Crippen molar-refractivity contribution in [3.8, 4) is 11.5 Å². The number of sulfone groups is 1. The maximum absolute atomic E-state index is 13.0. The summed E-state index contributed by atoms with van der Waals surface area (Å²) in [5.41, 5.74) is 2.14. The van der Waals surface area contributed by atoms with E-state index in [9.17, 15) is 13.2 Å².